The first-order valence-corrected chi connectivity index (χ1v) is 3.42. The lowest BCUT2D eigenvalue weighted by Crippen LogP contribution is -2.04. The van der Waals surface area contributed by atoms with E-state index in [0.717, 1.165) is 0 Å². The Morgan fingerprint density at radius 1 is 2.00 bits per heavy atom. The highest BCUT2D eigenvalue weighted by Gasteiger charge is 2.07. The van der Waals surface area contributed by atoms with Crippen molar-refractivity contribution in [2.45, 2.75) is 11.2 Å². The smallest absolute Gasteiger partial charge is 0.235 e. The van der Waals surface area contributed by atoms with Gasteiger partial charge in [0.05, 0.1) is 4.83 Å². The van der Waals surface area contributed by atoms with Crippen molar-refractivity contribution in [1.82, 2.24) is 0 Å². The average molecular weight is 197 g/mol. The summed E-state index contributed by atoms with van der Waals surface area (Å²) in [6, 6.07) is 0. The van der Waals surface area contributed by atoms with Crippen molar-refractivity contribution >= 4 is 32.8 Å². The monoisotopic (exact) mass is 196 g/mol. The minimum atomic E-state index is -0.370. The average Bonchev–Trinajstić information content (AvgIpc) is 1.67. The third-order valence-corrected chi connectivity index (χ3v) is 1.94. The molecule has 0 aromatic rings. The molecule has 1 nitrogen and oxygen atoms in total. The van der Waals surface area contributed by atoms with Crippen LogP contribution in [0.2, 0.25) is 0 Å². The summed E-state index contributed by atoms with van der Waals surface area (Å²) in [6.07, 6.45) is 2.22. The molecule has 0 rings (SSSR count). The fourth-order valence-electron chi connectivity index (χ4n) is 0.239. The van der Waals surface area contributed by atoms with Gasteiger partial charge < -0.3 is 0 Å². The molecule has 0 N–H and O–H groups in total. The Kier molecular flexibility index (Phi) is 4.19. The normalized spacial score (nSPS) is 12.8. The first-order chi connectivity index (χ1) is 3.68. The molecule has 3 heteroatoms. The molecule has 0 radical (unpaired) electrons. The van der Waals surface area contributed by atoms with Gasteiger partial charge in [0.25, 0.3) is 0 Å². The van der Waals surface area contributed by atoms with E-state index in [4.69, 9.17) is 11.6 Å². The van der Waals surface area contributed by atoms with E-state index in [2.05, 4.69) is 22.5 Å². The van der Waals surface area contributed by atoms with E-state index >= 15 is 0 Å². The fraction of sp³-hybridized carbons (Fsp3) is 0.400. The number of allylic oxidation sites excluding steroid dienone is 1. The minimum absolute atomic E-state index is 0.262. The molecule has 0 aromatic heterocycles. The molecule has 0 aromatic carbocycles. The number of alkyl halides is 1. The van der Waals surface area contributed by atoms with E-state index in [1.54, 1.807) is 6.08 Å². The van der Waals surface area contributed by atoms with Gasteiger partial charge in [0.15, 0.2) is 0 Å². The number of hydrogen-bond donors (Lipinski definition) is 0. The molecule has 0 fully saturated rings. The van der Waals surface area contributed by atoms with Crippen molar-refractivity contribution in [3.05, 3.63) is 12.7 Å². The van der Waals surface area contributed by atoms with Gasteiger partial charge in [-0.15, -0.1) is 6.58 Å². The largest absolute Gasteiger partial charge is 0.280 e. The van der Waals surface area contributed by atoms with Crippen LogP contribution >= 0.6 is 27.5 Å². The summed E-state index contributed by atoms with van der Waals surface area (Å²) in [5, 5.41) is -0.370. The van der Waals surface area contributed by atoms with Crippen LogP contribution in [-0.2, 0) is 4.79 Å². The van der Waals surface area contributed by atoms with Crippen LogP contribution in [0.3, 0.4) is 0 Å². The van der Waals surface area contributed by atoms with Gasteiger partial charge in [-0.3, -0.25) is 4.79 Å². The van der Waals surface area contributed by atoms with Crippen LogP contribution in [0.1, 0.15) is 6.42 Å². The first kappa shape index (κ1) is 8.18. The van der Waals surface area contributed by atoms with Gasteiger partial charge in [-0.1, -0.05) is 22.0 Å². The van der Waals surface area contributed by atoms with Crippen molar-refractivity contribution in [2.24, 2.45) is 0 Å². The molecule has 0 spiro atoms. The second-order valence-electron chi connectivity index (χ2n) is 1.30. The predicted octanol–water partition coefficient (Wildman–Crippen LogP) is 2.09. The summed E-state index contributed by atoms with van der Waals surface area (Å²) in [5.41, 5.74) is 0. The molecule has 8 heavy (non-hydrogen) atoms. The Labute approximate surface area is 61.8 Å². The predicted molar refractivity (Wildman–Crippen MR) is 38.4 cm³/mol. The molecular formula is C5H6BrClO. The number of carbonyl (C=O) groups excluding carboxylic acids is 1. The standard InChI is InChI=1S/C5H6BrClO/c1-2-3-4(6)5(7)8/h2,4H,1,3H2. The maximum Gasteiger partial charge on any atom is 0.235 e. The molecule has 0 amide bonds. The lowest BCUT2D eigenvalue weighted by molar-refractivity contribution is -0.111. The summed E-state index contributed by atoms with van der Waals surface area (Å²) in [5.74, 6) is 0. The molecule has 1 atom stereocenters. The van der Waals surface area contributed by atoms with Crippen molar-refractivity contribution in [1.29, 1.82) is 0 Å². The summed E-state index contributed by atoms with van der Waals surface area (Å²) >= 11 is 8.12. The molecular weight excluding hydrogens is 191 g/mol. The van der Waals surface area contributed by atoms with Gasteiger partial charge in [0.2, 0.25) is 5.24 Å². The summed E-state index contributed by atoms with van der Waals surface area (Å²) in [7, 11) is 0. The highest BCUT2D eigenvalue weighted by atomic mass is 79.9. The molecule has 0 aliphatic carbocycles. The van der Waals surface area contributed by atoms with Gasteiger partial charge in [-0.05, 0) is 18.0 Å². The maximum atomic E-state index is 10.2. The maximum absolute atomic E-state index is 10.2. The van der Waals surface area contributed by atoms with E-state index in [-0.39, 0.29) is 10.1 Å². The van der Waals surface area contributed by atoms with Crippen LogP contribution in [-0.4, -0.2) is 10.1 Å². The highest BCUT2D eigenvalue weighted by molar-refractivity contribution is 9.10. The summed E-state index contributed by atoms with van der Waals surface area (Å²) in [4.78, 5) is 9.94. The molecule has 0 aliphatic rings. The van der Waals surface area contributed by atoms with Crippen molar-refractivity contribution in [3.63, 3.8) is 0 Å². The Morgan fingerprint density at radius 2 is 2.50 bits per heavy atom. The van der Waals surface area contributed by atoms with E-state index in [9.17, 15) is 4.79 Å². The molecule has 0 saturated heterocycles. The third kappa shape index (κ3) is 3.22. The van der Waals surface area contributed by atoms with Crippen LogP contribution < -0.4 is 0 Å². The number of rotatable bonds is 3. The van der Waals surface area contributed by atoms with Gasteiger partial charge in [0.1, 0.15) is 0 Å². The van der Waals surface area contributed by atoms with Crippen molar-refractivity contribution < 1.29 is 4.79 Å². The molecule has 1 unspecified atom stereocenters. The number of carbonyl (C=O) groups is 1. The summed E-state index contributed by atoms with van der Waals surface area (Å²) < 4.78 is 0. The van der Waals surface area contributed by atoms with Crippen LogP contribution in [0.15, 0.2) is 12.7 Å². The van der Waals surface area contributed by atoms with Crippen LogP contribution in [0, 0.1) is 0 Å². The van der Waals surface area contributed by atoms with Crippen molar-refractivity contribution in [2.75, 3.05) is 0 Å². The quantitative estimate of drug-likeness (QED) is 0.385. The Morgan fingerprint density at radius 3 is 2.62 bits per heavy atom. The molecule has 0 bridgehead atoms. The van der Waals surface area contributed by atoms with Gasteiger partial charge >= 0.3 is 0 Å². The molecule has 0 saturated carbocycles. The van der Waals surface area contributed by atoms with E-state index < -0.39 is 0 Å². The lowest BCUT2D eigenvalue weighted by atomic mass is 10.3. The Balaban J connectivity index is 3.46. The zero-order chi connectivity index (χ0) is 6.57. The zero-order valence-corrected chi connectivity index (χ0v) is 6.58. The van der Waals surface area contributed by atoms with Crippen molar-refractivity contribution in [3.8, 4) is 0 Å². The van der Waals surface area contributed by atoms with Crippen LogP contribution in [0.5, 0.6) is 0 Å². The molecule has 0 heterocycles. The van der Waals surface area contributed by atoms with E-state index in [1.165, 1.54) is 0 Å². The topological polar surface area (TPSA) is 17.1 Å². The van der Waals surface area contributed by atoms with E-state index in [1.807, 2.05) is 0 Å². The fourth-order valence-corrected chi connectivity index (χ4v) is 0.592. The van der Waals surface area contributed by atoms with Gasteiger partial charge in [0, 0.05) is 0 Å². The van der Waals surface area contributed by atoms with Gasteiger partial charge in [-0.2, -0.15) is 0 Å². The Hall–Kier alpha value is 0.180. The second kappa shape index (κ2) is 4.10. The lowest BCUT2D eigenvalue weighted by Gasteiger charge is -1.95. The first-order valence-electron chi connectivity index (χ1n) is 2.12. The van der Waals surface area contributed by atoms with Crippen LogP contribution in [0.25, 0.3) is 0 Å². The number of hydrogen-bond acceptors (Lipinski definition) is 1. The molecule has 0 aliphatic heterocycles. The minimum Gasteiger partial charge on any atom is -0.280 e. The second-order valence-corrected chi connectivity index (χ2v) is 2.77. The zero-order valence-electron chi connectivity index (χ0n) is 4.23. The highest BCUT2D eigenvalue weighted by Crippen LogP contribution is 2.08. The van der Waals surface area contributed by atoms with Gasteiger partial charge in [-0.25, -0.2) is 0 Å². The summed E-state index contributed by atoms with van der Waals surface area (Å²) in [6.45, 7) is 3.44. The van der Waals surface area contributed by atoms with E-state index in [0.29, 0.717) is 6.42 Å². The van der Waals surface area contributed by atoms with Crippen LogP contribution in [0.4, 0.5) is 0 Å². The SMILES string of the molecule is C=CCC(Br)C(=O)Cl. The Bertz CT molecular complexity index is 103. The third-order valence-electron chi connectivity index (χ3n) is 0.620. The molecule has 46 valence electrons. The number of halogens is 2.